The Morgan fingerprint density at radius 2 is 1.60 bits per heavy atom. The van der Waals surface area contributed by atoms with Gasteiger partial charge in [0.2, 0.25) is 0 Å². The standard InChI is InChI=1S/C15H13F3OS/c1-10-4-3-5-12(8-10)13-6-7-14(11(2)9-13)20(19)15(16,17)18/h3-9H,1-2H3. The van der Waals surface area contributed by atoms with Crippen molar-refractivity contribution < 1.29 is 17.4 Å². The summed E-state index contributed by atoms with van der Waals surface area (Å²) in [4.78, 5) is -0.186. The van der Waals surface area contributed by atoms with Crippen LogP contribution in [0.1, 0.15) is 11.1 Å². The van der Waals surface area contributed by atoms with Gasteiger partial charge in [0, 0.05) is 0 Å². The summed E-state index contributed by atoms with van der Waals surface area (Å²) in [7, 11) is -2.98. The molecule has 0 aliphatic carbocycles. The van der Waals surface area contributed by atoms with Gasteiger partial charge in [-0.2, -0.15) is 13.2 Å². The Balaban J connectivity index is 2.43. The van der Waals surface area contributed by atoms with Crippen LogP contribution in [0, 0.1) is 13.8 Å². The first kappa shape index (κ1) is 14.8. The second-order valence-corrected chi connectivity index (χ2v) is 6.00. The summed E-state index contributed by atoms with van der Waals surface area (Å²) >= 11 is 0. The van der Waals surface area contributed by atoms with Crippen LogP contribution in [0.5, 0.6) is 0 Å². The van der Waals surface area contributed by atoms with Crippen LogP contribution in [0.4, 0.5) is 13.2 Å². The third kappa shape index (κ3) is 3.10. The molecule has 5 heteroatoms. The van der Waals surface area contributed by atoms with Gasteiger partial charge in [-0.05, 0) is 36.6 Å². The molecule has 2 aromatic rings. The molecule has 20 heavy (non-hydrogen) atoms. The van der Waals surface area contributed by atoms with Crippen LogP contribution in [0.2, 0.25) is 0 Å². The van der Waals surface area contributed by atoms with Gasteiger partial charge in [-0.25, -0.2) is 4.21 Å². The summed E-state index contributed by atoms with van der Waals surface area (Å²) in [5.74, 6) is 0. The lowest BCUT2D eigenvalue weighted by Gasteiger charge is -2.11. The van der Waals surface area contributed by atoms with Crippen LogP contribution in [-0.2, 0) is 10.8 Å². The van der Waals surface area contributed by atoms with Crippen molar-refractivity contribution in [1.29, 1.82) is 0 Å². The number of hydrogen-bond donors (Lipinski definition) is 0. The van der Waals surface area contributed by atoms with E-state index in [1.165, 1.54) is 13.0 Å². The van der Waals surface area contributed by atoms with Crippen LogP contribution in [-0.4, -0.2) is 9.72 Å². The van der Waals surface area contributed by atoms with E-state index < -0.39 is 16.3 Å². The first-order valence-electron chi connectivity index (χ1n) is 5.95. The lowest BCUT2D eigenvalue weighted by Crippen LogP contribution is -2.17. The summed E-state index contributed by atoms with van der Waals surface area (Å²) in [6.45, 7) is 3.49. The van der Waals surface area contributed by atoms with Crippen LogP contribution < -0.4 is 0 Å². The maximum absolute atomic E-state index is 12.5. The molecule has 0 aromatic heterocycles. The first-order chi connectivity index (χ1) is 9.29. The average molecular weight is 298 g/mol. The second-order valence-electron chi connectivity index (χ2n) is 4.56. The zero-order valence-corrected chi connectivity index (χ0v) is 11.8. The topological polar surface area (TPSA) is 17.1 Å². The van der Waals surface area contributed by atoms with Crippen molar-refractivity contribution in [2.45, 2.75) is 24.3 Å². The molecule has 0 N–H and O–H groups in total. The fourth-order valence-electron chi connectivity index (χ4n) is 1.99. The summed E-state index contributed by atoms with van der Waals surface area (Å²) < 4.78 is 48.8. The predicted molar refractivity (Wildman–Crippen MR) is 73.8 cm³/mol. The van der Waals surface area contributed by atoms with Gasteiger partial charge in [-0.3, -0.25) is 0 Å². The minimum atomic E-state index is -4.73. The first-order valence-corrected chi connectivity index (χ1v) is 7.10. The molecule has 1 unspecified atom stereocenters. The molecule has 2 rings (SSSR count). The zero-order chi connectivity index (χ0) is 14.9. The molecule has 2 aromatic carbocycles. The lowest BCUT2D eigenvalue weighted by molar-refractivity contribution is -0.0384. The Kier molecular flexibility index (Phi) is 3.99. The Bertz CT molecular complexity index is 662. The molecule has 0 radical (unpaired) electrons. The summed E-state index contributed by atoms with van der Waals surface area (Å²) in [6.07, 6.45) is 0. The number of hydrogen-bond acceptors (Lipinski definition) is 1. The highest BCUT2D eigenvalue weighted by atomic mass is 32.2. The molecule has 0 heterocycles. The maximum atomic E-state index is 12.5. The monoisotopic (exact) mass is 298 g/mol. The highest BCUT2D eigenvalue weighted by molar-refractivity contribution is 7.86. The van der Waals surface area contributed by atoms with Crippen molar-refractivity contribution in [1.82, 2.24) is 0 Å². The average Bonchev–Trinajstić information content (AvgIpc) is 2.36. The molecule has 0 spiro atoms. The van der Waals surface area contributed by atoms with Crippen molar-refractivity contribution >= 4 is 10.8 Å². The normalized spacial score (nSPS) is 13.2. The van der Waals surface area contributed by atoms with Gasteiger partial charge in [0.05, 0.1) is 4.90 Å². The van der Waals surface area contributed by atoms with E-state index >= 15 is 0 Å². The van der Waals surface area contributed by atoms with Crippen molar-refractivity contribution in [2.75, 3.05) is 0 Å². The summed E-state index contributed by atoms with van der Waals surface area (Å²) in [5.41, 5.74) is -1.54. The van der Waals surface area contributed by atoms with Crippen LogP contribution in [0.3, 0.4) is 0 Å². The summed E-state index contributed by atoms with van der Waals surface area (Å²) in [6, 6.07) is 12.2. The SMILES string of the molecule is Cc1cccc(-c2ccc(S(=O)C(F)(F)F)c(C)c2)c1. The molecular formula is C15H13F3OS. The Morgan fingerprint density at radius 3 is 2.15 bits per heavy atom. The molecule has 0 aliphatic rings. The fourth-order valence-corrected chi connectivity index (χ4v) is 2.78. The van der Waals surface area contributed by atoms with E-state index in [1.54, 1.807) is 12.1 Å². The molecule has 106 valence electrons. The number of alkyl halides is 3. The highest BCUT2D eigenvalue weighted by Gasteiger charge is 2.38. The van der Waals surface area contributed by atoms with Gasteiger partial charge < -0.3 is 0 Å². The molecule has 0 fully saturated rings. The van der Waals surface area contributed by atoms with E-state index in [0.717, 1.165) is 16.7 Å². The van der Waals surface area contributed by atoms with Gasteiger partial charge in [0.25, 0.3) is 0 Å². The second kappa shape index (κ2) is 5.40. The van der Waals surface area contributed by atoms with Crippen LogP contribution in [0.25, 0.3) is 11.1 Å². The number of benzene rings is 2. The number of rotatable bonds is 2. The zero-order valence-electron chi connectivity index (χ0n) is 11.0. The largest absolute Gasteiger partial charge is 0.475 e. The minimum absolute atomic E-state index is 0.186. The Labute approximate surface area is 117 Å². The third-order valence-electron chi connectivity index (χ3n) is 2.94. The molecular weight excluding hydrogens is 285 g/mol. The third-order valence-corrected chi connectivity index (χ3v) is 4.21. The van der Waals surface area contributed by atoms with E-state index in [4.69, 9.17) is 0 Å². The number of halogens is 3. The molecule has 0 aliphatic heterocycles. The predicted octanol–water partition coefficient (Wildman–Crippen LogP) is 4.60. The smallest absolute Gasteiger partial charge is 0.245 e. The molecule has 0 amide bonds. The molecule has 1 atom stereocenters. The van der Waals surface area contributed by atoms with E-state index in [0.29, 0.717) is 5.56 Å². The molecule has 1 nitrogen and oxygen atoms in total. The van der Waals surface area contributed by atoms with E-state index in [-0.39, 0.29) is 4.90 Å². The van der Waals surface area contributed by atoms with Crippen molar-refractivity contribution in [3.8, 4) is 11.1 Å². The van der Waals surface area contributed by atoms with Gasteiger partial charge in [0.15, 0.2) is 10.8 Å². The van der Waals surface area contributed by atoms with Gasteiger partial charge in [-0.1, -0.05) is 42.0 Å². The van der Waals surface area contributed by atoms with E-state index in [1.807, 2.05) is 31.2 Å². The van der Waals surface area contributed by atoms with Crippen molar-refractivity contribution in [3.63, 3.8) is 0 Å². The number of aryl methyl sites for hydroxylation is 2. The fraction of sp³-hybridized carbons (Fsp3) is 0.200. The quantitative estimate of drug-likeness (QED) is 0.792. The van der Waals surface area contributed by atoms with E-state index in [2.05, 4.69) is 0 Å². The van der Waals surface area contributed by atoms with Gasteiger partial charge in [-0.15, -0.1) is 0 Å². The van der Waals surface area contributed by atoms with Crippen molar-refractivity contribution in [3.05, 3.63) is 53.6 Å². The van der Waals surface area contributed by atoms with Crippen LogP contribution >= 0.6 is 0 Å². The van der Waals surface area contributed by atoms with Crippen LogP contribution in [0.15, 0.2) is 47.4 Å². The minimum Gasteiger partial charge on any atom is -0.245 e. The van der Waals surface area contributed by atoms with Crippen molar-refractivity contribution in [2.24, 2.45) is 0 Å². The van der Waals surface area contributed by atoms with Gasteiger partial charge in [0.1, 0.15) is 0 Å². The molecule has 0 saturated carbocycles. The van der Waals surface area contributed by atoms with Gasteiger partial charge >= 0.3 is 5.51 Å². The highest BCUT2D eigenvalue weighted by Crippen LogP contribution is 2.30. The Hall–Kier alpha value is -1.62. The summed E-state index contributed by atoms with van der Waals surface area (Å²) in [5, 5.41) is 0. The Morgan fingerprint density at radius 1 is 0.950 bits per heavy atom. The maximum Gasteiger partial charge on any atom is 0.475 e. The molecule has 0 saturated heterocycles. The van der Waals surface area contributed by atoms with E-state index in [9.17, 15) is 17.4 Å². The lowest BCUT2D eigenvalue weighted by atomic mass is 10.0. The molecule has 0 bridgehead atoms.